The zero-order valence-corrected chi connectivity index (χ0v) is 14.2. The highest BCUT2D eigenvalue weighted by Crippen LogP contribution is 2.28. The molecule has 0 aromatic heterocycles. The number of rotatable bonds is 7. The van der Waals surface area contributed by atoms with Gasteiger partial charge in [-0.05, 0) is 55.8 Å². The minimum atomic E-state index is -0.164. The summed E-state index contributed by atoms with van der Waals surface area (Å²) in [6.07, 6.45) is 0.738. The molecular formula is C18H22N2O2S. The predicted molar refractivity (Wildman–Crippen MR) is 97.0 cm³/mol. The van der Waals surface area contributed by atoms with Crippen molar-refractivity contribution in [3.8, 4) is 5.75 Å². The summed E-state index contributed by atoms with van der Waals surface area (Å²) in [7, 11) is 0. The molecule has 1 atom stereocenters. The Kier molecular flexibility index (Phi) is 6.35. The van der Waals surface area contributed by atoms with Crippen LogP contribution in [0.1, 0.15) is 20.3 Å². The van der Waals surface area contributed by atoms with Gasteiger partial charge in [0.2, 0.25) is 5.91 Å². The largest absolute Gasteiger partial charge is 0.494 e. The summed E-state index contributed by atoms with van der Waals surface area (Å²) >= 11 is 1.52. The summed E-state index contributed by atoms with van der Waals surface area (Å²) in [6.45, 7) is 4.57. The van der Waals surface area contributed by atoms with Gasteiger partial charge in [-0.2, -0.15) is 0 Å². The Hall–Kier alpha value is -2.14. The van der Waals surface area contributed by atoms with Gasteiger partial charge in [-0.15, -0.1) is 11.8 Å². The third kappa shape index (κ3) is 5.21. The van der Waals surface area contributed by atoms with E-state index in [2.05, 4.69) is 5.32 Å². The molecule has 0 heterocycles. The Balaban J connectivity index is 1.99. The van der Waals surface area contributed by atoms with Crippen LogP contribution < -0.4 is 15.8 Å². The normalized spacial score (nSPS) is 11.7. The number of anilines is 2. The van der Waals surface area contributed by atoms with Crippen molar-refractivity contribution in [3.05, 3.63) is 48.5 Å². The maximum absolute atomic E-state index is 12.4. The first kappa shape index (κ1) is 17.2. The van der Waals surface area contributed by atoms with Crippen molar-refractivity contribution in [2.45, 2.75) is 30.4 Å². The highest BCUT2D eigenvalue weighted by atomic mass is 32.2. The van der Waals surface area contributed by atoms with Gasteiger partial charge >= 0.3 is 0 Å². The lowest BCUT2D eigenvalue weighted by Crippen LogP contribution is -2.24. The van der Waals surface area contributed by atoms with Gasteiger partial charge in [0.25, 0.3) is 0 Å². The zero-order chi connectivity index (χ0) is 16.7. The second kappa shape index (κ2) is 8.48. The van der Waals surface area contributed by atoms with Crippen LogP contribution in [-0.2, 0) is 4.79 Å². The molecule has 0 fully saturated rings. The van der Waals surface area contributed by atoms with E-state index in [0.717, 1.165) is 22.8 Å². The van der Waals surface area contributed by atoms with Crippen LogP contribution in [0.2, 0.25) is 0 Å². The number of ether oxygens (including phenoxy) is 1. The van der Waals surface area contributed by atoms with Crippen LogP contribution in [0.25, 0.3) is 0 Å². The van der Waals surface area contributed by atoms with Crippen molar-refractivity contribution in [2.75, 3.05) is 17.7 Å². The summed E-state index contributed by atoms with van der Waals surface area (Å²) in [5, 5.41) is 2.79. The van der Waals surface area contributed by atoms with Crippen molar-refractivity contribution >= 4 is 29.0 Å². The maximum Gasteiger partial charge on any atom is 0.237 e. The zero-order valence-electron chi connectivity index (χ0n) is 13.4. The van der Waals surface area contributed by atoms with E-state index < -0.39 is 0 Å². The van der Waals surface area contributed by atoms with Gasteiger partial charge in [-0.3, -0.25) is 4.79 Å². The molecule has 0 aliphatic rings. The van der Waals surface area contributed by atoms with E-state index >= 15 is 0 Å². The summed E-state index contributed by atoms with van der Waals surface area (Å²) in [6, 6.07) is 15.0. The molecule has 3 N–H and O–H groups in total. The number of carbonyl (C=O) groups excluding carboxylic acids is 1. The van der Waals surface area contributed by atoms with E-state index in [1.807, 2.05) is 62.4 Å². The lowest BCUT2D eigenvalue weighted by molar-refractivity contribution is -0.115. The van der Waals surface area contributed by atoms with Gasteiger partial charge in [0, 0.05) is 16.3 Å². The summed E-state index contributed by atoms with van der Waals surface area (Å²) in [4.78, 5) is 13.4. The number of thioether (sulfide) groups is 1. The molecule has 0 spiro atoms. The second-order valence-electron chi connectivity index (χ2n) is 5.03. The van der Waals surface area contributed by atoms with Crippen LogP contribution in [-0.4, -0.2) is 17.8 Å². The van der Waals surface area contributed by atoms with Crippen LogP contribution in [0, 0.1) is 0 Å². The lowest BCUT2D eigenvalue weighted by Gasteiger charge is -2.15. The molecule has 122 valence electrons. The van der Waals surface area contributed by atoms with Gasteiger partial charge in [0.15, 0.2) is 0 Å². The van der Waals surface area contributed by atoms with Crippen LogP contribution in [0.4, 0.5) is 11.4 Å². The molecule has 1 amide bonds. The molecular weight excluding hydrogens is 308 g/mol. The van der Waals surface area contributed by atoms with Crippen molar-refractivity contribution in [1.82, 2.24) is 0 Å². The molecule has 2 rings (SSSR count). The Morgan fingerprint density at radius 3 is 2.57 bits per heavy atom. The molecule has 0 saturated heterocycles. The minimum absolute atomic E-state index is 0.0101. The van der Waals surface area contributed by atoms with Crippen molar-refractivity contribution < 1.29 is 9.53 Å². The predicted octanol–water partition coefficient (Wildman–Crippen LogP) is 4.18. The van der Waals surface area contributed by atoms with Gasteiger partial charge in [0.1, 0.15) is 5.75 Å². The number of hydrogen-bond acceptors (Lipinski definition) is 4. The van der Waals surface area contributed by atoms with Gasteiger partial charge in [0.05, 0.1) is 11.9 Å². The fourth-order valence-electron chi connectivity index (χ4n) is 2.10. The molecule has 2 aromatic rings. The molecule has 0 aliphatic heterocycles. The van der Waals surface area contributed by atoms with Crippen molar-refractivity contribution in [3.63, 3.8) is 0 Å². The summed E-state index contributed by atoms with van der Waals surface area (Å²) < 4.78 is 5.40. The third-order valence-electron chi connectivity index (χ3n) is 3.23. The van der Waals surface area contributed by atoms with Crippen LogP contribution >= 0.6 is 11.8 Å². The van der Waals surface area contributed by atoms with Gasteiger partial charge in [-0.1, -0.05) is 13.0 Å². The third-order valence-corrected chi connectivity index (χ3v) is 4.59. The molecule has 0 aliphatic carbocycles. The number of benzene rings is 2. The first-order valence-electron chi connectivity index (χ1n) is 7.68. The van der Waals surface area contributed by atoms with E-state index in [4.69, 9.17) is 10.5 Å². The highest BCUT2D eigenvalue weighted by Gasteiger charge is 2.18. The molecule has 23 heavy (non-hydrogen) atoms. The van der Waals surface area contributed by atoms with Crippen molar-refractivity contribution in [2.24, 2.45) is 0 Å². The maximum atomic E-state index is 12.4. The molecule has 4 nitrogen and oxygen atoms in total. The van der Waals surface area contributed by atoms with Crippen LogP contribution in [0.3, 0.4) is 0 Å². The fraction of sp³-hybridized carbons (Fsp3) is 0.278. The van der Waals surface area contributed by atoms with E-state index in [1.165, 1.54) is 11.8 Å². The van der Waals surface area contributed by atoms with Gasteiger partial charge < -0.3 is 15.8 Å². The van der Waals surface area contributed by atoms with E-state index in [-0.39, 0.29) is 11.2 Å². The smallest absolute Gasteiger partial charge is 0.237 e. The van der Waals surface area contributed by atoms with Crippen LogP contribution in [0.15, 0.2) is 53.4 Å². The molecule has 5 heteroatoms. The average Bonchev–Trinajstić information content (AvgIpc) is 2.54. The number of carbonyl (C=O) groups is 1. The van der Waals surface area contributed by atoms with Crippen molar-refractivity contribution in [1.29, 1.82) is 0 Å². The van der Waals surface area contributed by atoms with Gasteiger partial charge in [-0.25, -0.2) is 0 Å². The fourth-order valence-corrected chi connectivity index (χ4v) is 3.12. The standard InChI is InChI=1S/C18H22N2O2S/c1-3-17(23-16-7-5-6-13(19)12-16)18(21)20-14-8-10-15(11-9-14)22-4-2/h5-12,17H,3-4,19H2,1-2H3,(H,20,21). The minimum Gasteiger partial charge on any atom is -0.494 e. The topological polar surface area (TPSA) is 64.3 Å². The summed E-state index contributed by atoms with van der Waals surface area (Å²) in [5.74, 6) is 0.788. The lowest BCUT2D eigenvalue weighted by atomic mass is 10.2. The Labute approximate surface area is 141 Å². The van der Waals surface area contributed by atoms with E-state index in [9.17, 15) is 4.79 Å². The monoisotopic (exact) mass is 330 g/mol. The average molecular weight is 330 g/mol. The number of nitrogens with one attached hydrogen (secondary N) is 1. The highest BCUT2D eigenvalue weighted by molar-refractivity contribution is 8.00. The SMILES string of the molecule is CCOc1ccc(NC(=O)C(CC)Sc2cccc(N)c2)cc1. The molecule has 0 saturated carbocycles. The Morgan fingerprint density at radius 2 is 1.96 bits per heavy atom. The number of nitrogen functional groups attached to an aromatic ring is 1. The Bertz CT molecular complexity index is 644. The molecule has 0 bridgehead atoms. The second-order valence-corrected chi connectivity index (χ2v) is 6.31. The van der Waals surface area contributed by atoms with E-state index in [1.54, 1.807) is 0 Å². The number of amides is 1. The molecule has 2 aromatic carbocycles. The van der Waals surface area contributed by atoms with Crippen LogP contribution in [0.5, 0.6) is 5.75 Å². The molecule has 1 unspecified atom stereocenters. The molecule has 0 radical (unpaired) electrons. The quantitative estimate of drug-likeness (QED) is 0.590. The first-order valence-corrected chi connectivity index (χ1v) is 8.56. The number of hydrogen-bond donors (Lipinski definition) is 2. The Morgan fingerprint density at radius 1 is 1.22 bits per heavy atom. The summed E-state index contributed by atoms with van der Waals surface area (Å²) in [5.41, 5.74) is 7.26. The first-order chi connectivity index (χ1) is 11.1. The van der Waals surface area contributed by atoms with E-state index in [0.29, 0.717) is 12.3 Å². The number of nitrogens with two attached hydrogens (primary N) is 1.